The van der Waals surface area contributed by atoms with Crippen LogP contribution in [0.2, 0.25) is 0 Å². The predicted molar refractivity (Wildman–Crippen MR) is 222 cm³/mol. The number of nitrogens with zero attached hydrogens (tertiary/aromatic N) is 3. The van der Waals surface area contributed by atoms with Gasteiger partial charge in [0.05, 0.1) is 59.5 Å². The Morgan fingerprint density at radius 2 is 0.644 bits per heavy atom. The molecule has 0 bridgehead atoms. The first-order valence-corrected chi connectivity index (χ1v) is 20.5. The second-order valence-electron chi connectivity index (χ2n) is 15.7. The van der Waals surface area contributed by atoms with Gasteiger partial charge in [0, 0.05) is 66.1 Å². The van der Waals surface area contributed by atoms with Crippen LogP contribution >= 0.6 is 0 Å². The van der Waals surface area contributed by atoms with Crippen molar-refractivity contribution < 1.29 is 60.2 Å². The van der Waals surface area contributed by atoms with E-state index in [2.05, 4.69) is 14.7 Å². The molecular formula is C44H67N3O12. The molecule has 0 atom stereocenters. The summed E-state index contributed by atoms with van der Waals surface area (Å²) < 4.78 is 17.0. The first-order chi connectivity index (χ1) is 28.4. The van der Waals surface area contributed by atoms with E-state index < -0.39 is 18.3 Å². The van der Waals surface area contributed by atoms with Gasteiger partial charge in [-0.25, -0.2) is 0 Å². The van der Waals surface area contributed by atoms with E-state index in [1.54, 1.807) is 0 Å². The highest BCUT2D eigenvalue weighted by Gasteiger charge is 2.21. The van der Waals surface area contributed by atoms with E-state index >= 15 is 0 Å². The molecule has 0 saturated carbocycles. The third-order valence-electron chi connectivity index (χ3n) is 10.7. The van der Waals surface area contributed by atoms with Gasteiger partial charge in [-0.15, -0.1) is 0 Å². The Bertz CT molecular complexity index is 1630. The third kappa shape index (κ3) is 14.9. The van der Waals surface area contributed by atoms with Gasteiger partial charge in [-0.3, -0.25) is 14.7 Å². The molecule has 3 aromatic rings. The van der Waals surface area contributed by atoms with Crippen molar-refractivity contribution in [3.05, 3.63) is 86.5 Å². The molecule has 1 aliphatic heterocycles. The van der Waals surface area contributed by atoms with Gasteiger partial charge in [-0.2, -0.15) is 0 Å². The van der Waals surface area contributed by atoms with Crippen LogP contribution in [0.1, 0.15) is 62.9 Å². The normalized spacial score (nSPS) is 15.5. The minimum absolute atomic E-state index is 0.0335. The fraction of sp³-hybridized carbons (Fsp3) is 0.591. The van der Waals surface area contributed by atoms with Crippen LogP contribution in [0.3, 0.4) is 0 Å². The summed E-state index contributed by atoms with van der Waals surface area (Å²) in [4.78, 5) is 6.93. The molecule has 3 aromatic carbocycles. The zero-order chi connectivity index (χ0) is 42.9. The summed E-state index contributed by atoms with van der Waals surface area (Å²) >= 11 is 0. The van der Waals surface area contributed by atoms with Crippen LogP contribution in [0.5, 0.6) is 17.2 Å². The molecule has 4 rings (SSSR count). The predicted octanol–water partition coefficient (Wildman–Crippen LogP) is 1.94. The molecular weight excluding hydrogens is 762 g/mol. The number of ether oxygens (including phenoxy) is 3. The summed E-state index contributed by atoms with van der Waals surface area (Å²) in [7, 11) is 0. The minimum Gasteiger partial charge on any atom is -0.507 e. The van der Waals surface area contributed by atoms with Crippen LogP contribution in [0.15, 0.2) is 36.4 Å². The molecule has 1 aliphatic rings. The van der Waals surface area contributed by atoms with Crippen LogP contribution in [-0.2, 0) is 53.7 Å². The first kappa shape index (κ1) is 48.2. The van der Waals surface area contributed by atoms with Crippen LogP contribution < -0.4 is 0 Å². The number of aromatic hydroxyl groups is 3. The highest BCUT2D eigenvalue weighted by atomic mass is 16.5. The second-order valence-corrected chi connectivity index (χ2v) is 15.7. The quantitative estimate of drug-likeness (QED) is 0.0750. The number of rotatable bonds is 21. The lowest BCUT2D eigenvalue weighted by molar-refractivity contribution is -0.0290. The Morgan fingerprint density at radius 3 is 0.898 bits per heavy atom. The minimum atomic E-state index is -0.751. The summed E-state index contributed by atoms with van der Waals surface area (Å²) in [6.45, 7) is 9.56. The molecule has 15 heteroatoms. The number of benzene rings is 3. The van der Waals surface area contributed by atoms with Crippen molar-refractivity contribution >= 4 is 0 Å². The van der Waals surface area contributed by atoms with E-state index in [0.717, 1.165) is 59.3 Å². The number of hydrogen-bond donors (Lipinski definition) is 9. The Labute approximate surface area is 348 Å². The van der Waals surface area contributed by atoms with E-state index in [1.807, 2.05) is 57.2 Å². The molecule has 1 saturated heterocycles. The van der Waals surface area contributed by atoms with Gasteiger partial charge in [0.15, 0.2) is 0 Å². The number of phenols is 3. The van der Waals surface area contributed by atoms with E-state index in [9.17, 15) is 46.0 Å². The lowest BCUT2D eigenvalue weighted by Crippen LogP contribution is -2.36. The van der Waals surface area contributed by atoms with Crippen molar-refractivity contribution in [2.45, 2.75) is 91.4 Å². The van der Waals surface area contributed by atoms with Crippen molar-refractivity contribution in [2.24, 2.45) is 0 Å². The highest BCUT2D eigenvalue weighted by Crippen LogP contribution is 2.30. The van der Waals surface area contributed by atoms with Crippen molar-refractivity contribution in [3.63, 3.8) is 0 Å². The van der Waals surface area contributed by atoms with Crippen LogP contribution in [-0.4, -0.2) is 158 Å². The standard InChI is InChI=1S/C44H67N3O12/c1-30-12-33(42(54)36(15-30)27-57-39(21-48)22-49)18-45-6-4-8-46(19-34-13-31(2)16-37(43(34)55)28-58-40(23-50)24-51)10-11-47(9-5-7-45)20-35-14-32(3)17-38(44(35)56)29-59-41(25-52)26-53/h12-17,39-41,48-56H,4-11,18-29H2,1-3H3. The topological polar surface area (TPSA) is 219 Å². The average molecular weight is 830 g/mol. The number of aliphatic hydroxyl groups excluding tert-OH is 6. The molecule has 0 radical (unpaired) electrons. The molecule has 0 aromatic heterocycles. The third-order valence-corrected chi connectivity index (χ3v) is 10.7. The van der Waals surface area contributed by atoms with E-state index in [0.29, 0.717) is 62.5 Å². The molecule has 0 spiro atoms. The Balaban J connectivity index is 1.60. The van der Waals surface area contributed by atoms with Crippen molar-refractivity contribution in [1.29, 1.82) is 0 Å². The molecule has 9 N–H and O–H groups in total. The van der Waals surface area contributed by atoms with Crippen LogP contribution in [0, 0.1) is 20.8 Å². The summed E-state index contributed by atoms with van der Waals surface area (Å²) in [6, 6.07) is 11.4. The smallest absolute Gasteiger partial charge is 0.125 e. The van der Waals surface area contributed by atoms with E-state index in [-0.39, 0.29) is 76.7 Å². The van der Waals surface area contributed by atoms with Gasteiger partial charge in [0.2, 0.25) is 0 Å². The highest BCUT2D eigenvalue weighted by molar-refractivity contribution is 5.45. The molecule has 330 valence electrons. The first-order valence-electron chi connectivity index (χ1n) is 20.5. The molecule has 0 unspecified atom stereocenters. The van der Waals surface area contributed by atoms with Gasteiger partial charge in [-0.05, 0) is 59.8 Å². The van der Waals surface area contributed by atoms with Gasteiger partial charge < -0.3 is 60.2 Å². The maximum Gasteiger partial charge on any atom is 0.125 e. The monoisotopic (exact) mass is 829 g/mol. The molecule has 0 aliphatic carbocycles. The summed E-state index contributed by atoms with van der Waals surface area (Å²) in [5, 5.41) is 91.1. The lowest BCUT2D eigenvalue weighted by atomic mass is 10.0. The number of hydrogen-bond acceptors (Lipinski definition) is 15. The van der Waals surface area contributed by atoms with Gasteiger partial charge >= 0.3 is 0 Å². The fourth-order valence-corrected chi connectivity index (χ4v) is 7.46. The van der Waals surface area contributed by atoms with E-state index in [1.165, 1.54) is 0 Å². The SMILES string of the molecule is Cc1cc(COC(CO)CO)c(O)c(CN2CCCN(Cc3cc(C)cc(COC(CO)CO)c3O)CCN(Cc3cc(C)cc(COC(CO)CO)c3O)CCC2)c1. The largest absolute Gasteiger partial charge is 0.507 e. The zero-order valence-electron chi connectivity index (χ0n) is 34.9. The summed E-state index contributed by atoms with van der Waals surface area (Å²) in [6.07, 6.45) is -0.634. The zero-order valence-corrected chi connectivity index (χ0v) is 34.9. The maximum atomic E-state index is 11.4. The van der Waals surface area contributed by atoms with Gasteiger partial charge in [0.25, 0.3) is 0 Å². The fourth-order valence-electron chi connectivity index (χ4n) is 7.46. The number of phenolic OH excluding ortho intramolecular Hbond substituents is 3. The maximum absolute atomic E-state index is 11.4. The Kier molecular flexibility index (Phi) is 20.2. The summed E-state index contributed by atoms with van der Waals surface area (Å²) in [5.41, 5.74) is 6.79. The molecule has 1 fully saturated rings. The summed E-state index contributed by atoms with van der Waals surface area (Å²) in [5.74, 6) is 0.350. The van der Waals surface area contributed by atoms with Crippen LogP contribution in [0.25, 0.3) is 0 Å². The molecule has 1 heterocycles. The van der Waals surface area contributed by atoms with Gasteiger partial charge in [0.1, 0.15) is 35.6 Å². The molecule has 15 nitrogen and oxygen atoms in total. The van der Waals surface area contributed by atoms with Crippen molar-refractivity contribution in [3.8, 4) is 17.2 Å². The van der Waals surface area contributed by atoms with Crippen molar-refractivity contribution in [1.82, 2.24) is 14.7 Å². The molecule has 59 heavy (non-hydrogen) atoms. The average Bonchev–Trinajstić information content (AvgIpc) is 3.25. The second kappa shape index (κ2) is 24.7. The van der Waals surface area contributed by atoms with Crippen molar-refractivity contribution in [2.75, 3.05) is 78.9 Å². The van der Waals surface area contributed by atoms with Gasteiger partial charge in [-0.1, -0.05) is 53.1 Å². The van der Waals surface area contributed by atoms with E-state index in [4.69, 9.17) is 14.2 Å². The lowest BCUT2D eigenvalue weighted by Gasteiger charge is -2.28. The van der Waals surface area contributed by atoms with Crippen LogP contribution in [0.4, 0.5) is 0 Å². The Morgan fingerprint density at radius 1 is 0.407 bits per heavy atom. The molecule has 0 amide bonds. The number of aryl methyl sites for hydroxylation is 3. The number of aliphatic hydroxyl groups is 6. The Hall–Kier alpha value is -3.42.